The summed E-state index contributed by atoms with van der Waals surface area (Å²) < 4.78 is 11.0. The van der Waals surface area contributed by atoms with Crippen LogP contribution >= 0.6 is 11.6 Å². The molecule has 0 aromatic heterocycles. The highest BCUT2D eigenvalue weighted by molar-refractivity contribution is 6.31. The number of halogens is 1. The van der Waals surface area contributed by atoms with Crippen molar-refractivity contribution in [2.45, 2.75) is 32.7 Å². The lowest BCUT2D eigenvalue weighted by molar-refractivity contribution is 0.159. The number of hydrogen-bond acceptors (Lipinski definition) is 4. The van der Waals surface area contributed by atoms with Crippen molar-refractivity contribution in [1.29, 1.82) is 0 Å². The molecular formula is C17H25ClN2O2. The highest BCUT2D eigenvalue weighted by atomic mass is 35.5. The van der Waals surface area contributed by atoms with Gasteiger partial charge < -0.3 is 14.8 Å². The topological polar surface area (TPSA) is 33.7 Å². The molecule has 2 heterocycles. The third-order valence-electron chi connectivity index (χ3n) is 4.46. The molecule has 0 spiro atoms. The van der Waals surface area contributed by atoms with Gasteiger partial charge in [0, 0.05) is 43.3 Å². The van der Waals surface area contributed by atoms with E-state index in [2.05, 4.69) is 30.1 Å². The SMILES string of the molecule is CC(C)CC[C@@H](c1cc2c(cc1Cl)OCO2)N1CCNCC1. The highest BCUT2D eigenvalue weighted by Gasteiger charge is 2.27. The summed E-state index contributed by atoms with van der Waals surface area (Å²) in [7, 11) is 0. The van der Waals surface area contributed by atoms with Gasteiger partial charge in [-0.05, 0) is 30.4 Å². The molecule has 2 aliphatic heterocycles. The van der Waals surface area contributed by atoms with Gasteiger partial charge in [-0.25, -0.2) is 0 Å². The first-order valence-electron chi connectivity index (χ1n) is 8.19. The van der Waals surface area contributed by atoms with Gasteiger partial charge >= 0.3 is 0 Å². The minimum Gasteiger partial charge on any atom is -0.454 e. The maximum Gasteiger partial charge on any atom is 0.231 e. The maximum atomic E-state index is 6.56. The fourth-order valence-corrected chi connectivity index (χ4v) is 3.49. The van der Waals surface area contributed by atoms with Crippen LogP contribution in [0, 0.1) is 5.92 Å². The van der Waals surface area contributed by atoms with Crippen LogP contribution in [0.2, 0.25) is 5.02 Å². The van der Waals surface area contributed by atoms with Gasteiger partial charge in [-0.1, -0.05) is 25.4 Å². The third-order valence-corrected chi connectivity index (χ3v) is 4.79. The van der Waals surface area contributed by atoms with Crippen molar-refractivity contribution in [1.82, 2.24) is 10.2 Å². The normalized spacial score (nSPS) is 19.6. The van der Waals surface area contributed by atoms with Crippen molar-refractivity contribution in [3.05, 3.63) is 22.7 Å². The van der Waals surface area contributed by atoms with Crippen LogP contribution in [0.3, 0.4) is 0 Å². The van der Waals surface area contributed by atoms with Crippen LogP contribution in [0.25, 0.3) is 0 Å². The number of nitrogens with one attached hydrogen (secondary N) is 1. The first-order chi connectivity index (χ1) is 10.6. The van der Waals surface area contributed by atoms with Crippen LogP contribution in [0.1, 0.15) is 38.3 Å². The van der Waals surface area contributed by atoms with E-state index >= 15 is 0 Å². The molecule has 0 saturated carbocycles. The van der Waals surface area contributed by atoms with Crippen LogP contribution in [-0.2, 0) is 0 Å². The van der Waals surface area contributed by atoms with Gasteiger partial charge in [0.1, 0.15) is 0 Å². The smallest absolute Gasteiger partial charge is 0.231 e. The summed E-state index contributed by atoms with van der Waals surface area (Å²) in [4.78, 5) is 2.54. The molecule has 0 aliphatic carbocycles. The second-order valence-electron chi connectivity index (χ2n) is 6.50. The minimum absolute atomic E-state index is 0.291. The van der Waals surface area contributed by atoms with E-state index in [0.29, 0.717) is 18.8 Å². The Morgan fingerprint density at radius 1 is 1.14 bits per heavy atom. The number of hydrogen-bond donors (Lipinski definition) is 1. The number of rotatable bonds is 5. The Balaban J connectivity index is 1.87. The van der Waals surface area contributed by atoms with Crippen LogP contribution in [0.5, 0.6) is 11.5 Å². The lowest BCUT2D eigenvalue weighted by Crippen LogP contribution is -2.45. The largest absolute Gasteiger partial charge is 0.454 e. The number of piperazine rings is 1. The first-order valence-corrected chi connectivity index (χ1v) is 8.56. The number of ether oxygens (including phenoxy) is 2. The Bertz CT molecular complexity index is 516. The first kappa shape index (κ1) is 15.9. The van der Waals surface area contributed by atoms with E-state index in [9.17, 15) is 0 Å². The van der Waals surface area contributed by atoms with Crippen LogP contribution in [0.15, 0.2) is 12.1 Å². The van der Waals surface area contributed by atoms with Gasteiger partial charge in [-0.3, -0.25) is 4.90 Å². The van der Waals surface area contributed by atoms with Gasteiger partial charge in [0.25, 0.3) is 0 Å². The number of fused-ring (bicyclic) bond motifs is 1. The van der Waals surface area contributed by atoms with Crippen LogP contribution in [0.4, 0.5) is 0 Å². The maximum absolute atomic E-state index is 6.56. The predicted molar refractivity (Wildman–Crippen MR) is 88.8 cm³/mol. The van der Waals surface area contributed by atoms with Gasteiger partial charge in [0.05, 0.1) is 0 Å². The summed E-state index contributed by atoms with van der Waals surface area (Å²) in [6.07, 6.45) is 2.32. The van der Waals surface area contributed by atoms with Crippen molar-refractivity contribution in [2.75, 3.05) is 33.0 Å². The summed E-state index contributed by atoms with van der Waals surface area (Å²) >= 11 is 6.56. The van der Waals surface area contributed by atoms with Crippen molar-refractivity contribution in [2.24, 2.45) is 5.92 Å². The Labute approximate surface area is 137 Å². The van der Waals surface area contributed by atoms with Crippen LogP contribution < -0.4 is 14.8 Å². The Hall–Kier alpha value is -0.970. The third kappa shape index (κ3) is 3.50. The molecule has 0 bridgehead atoms. The molecule has 1 fully saturated rings. The monoisotopic (exact) mass is 324 g/mol. The van der Waals surface area contributed by atoms with E-state index in [1.54, 1.807) is 0 Å². The molecule has 0 unspecified atom stereocenters. The molecule has 3 rings (SSSR count). The van der Waals surface area contributed by atoms with E-state index in [1.165, 1.54) is 12.0 Å². The fourth-order valence-electron chi connectivity index (χ4n) is 3.21. The summed E-state index contributed by atoms with van der Waals surface area (Å²) in [5.74, 6) is 2.28. The van der Waals surface area contributed by atoms with Gasteiger partial charge in [-0.2, -0.15) is 0 Å². The molecule has 5 heteroatoms. The zero-order valence-electron chi connectivity index (χ0n) is 13.4. The quantitative estimate of drug-likeness (QED) is 0.899. The highest BCUT2D eigenvalue weighted by Crippen LogP contribution is 2.41. The molecule has 1 aromatic rings. The number of benzene rings is 1. The predicted octanol–water partition coefficient (Wildman–Crippen LogP) is 3.45. The van der Waals surface area contributed by atoms with Gasteiger partial charge in [0.15, 0.2) is 11.5 Å². The van der Waals surface area contributed by atoms with E-state index in [-0.39, 0.29) is 0 Å². The average molecular weight is 325 g/mol. The Morgan fingerprint density at radius 3 is 2.50 bits per heavy atom. The molecule has 1 saturated heterocycles. The molecule has 2 aliphatic rings. The van der Waals surface area contributed by atoms with Gasteiger partial charge in [0.2, 0.25) is 6.79 Å². The second-order valence-corrected chi connectivity index (χ2v) is 6.91. The van der Waals surface area contributed by atoms with Gasteiger partial charge in [-0.15, -0.1) is 0 Å². The van der Waals surface area contributed by atoms with Crippen molar-refractivity contribution >= 4 is 11.6 Å². The van der Waals surface area contributed by atoms with Crippen LogP contribution in [-0.4, -0.2) is 37.9 Å². The number of nitrogens with zero attached hydrogens (tertiary/aromatic N) is 1. The molecule has 1 N–H and O–H groups in total. The fraction of sp³-hybridized carbons (Fsp3) is 0.647. The van der Waals surface area contributed by atoms with E-state index < -0.39 is 0 Å². The summed E-state index contributed by atoms with van der Waals surface area (Å²) in [6.45, 7) is 9.05. The van der Waals surface area contributed by atoms with Crippen molar-refractivity contribution < 1.29 is 9.47 Å². The molecule has 4 nitrogen and oxygen atoms in total. The summed E-state index contributed by atoms with van der Waals surface area (Å²) in [5, 5.41) is 4.21. The molecule has 1 atom stereocenters. The lowest BCUT2D eigenvalue weighted by atomic mass is 9.95. The molecule has 22 heavy (non-hydrogen) atoms. The zero-order chi connectivity index (χ0) is 15.5. The molecule has 1 aromatic carbocycles. The average Bonchev–Trinajstić information content (AvgIpc) is 2.95. The second kappa shape index (κ2) is 7.07. The molecular weight excluding hydrogens is 300 g/mol. The molecule has 0 radical (unpaired) electrons. The zero-order valence-corrected chi connectivity index (χ0v) is 14.2. The molecule has 0 amide bonds. The molecule has 122 valence electrons. The Morgan fingerprint density at radius 2 is 1.82 bits per heavy atom. The van der Waals surface area contributed by atoms with E-state index in [4.69, 9.17) is 21.1 Å². The Kier molecular flexibility index (Phi) is 5.11. The lowest BCUT2D eigenvalue weighted by Gasteiger charge is -2.36. The van der Waals surface area contributed by atoms with Crippen molar-refractivity contribution in [3.63, 3.8) is 0 Å². The summed E-state index contributed by atoms with van der Waals surface area (Å²) in [5.41, 5.74) is 1.17. The summed E-state index contributed by atoms with van der Waals surface area (Å²) in [6, 6.07) is 4.34. The van der Waals surface area contributed by atoms with Crippen molar-refractivity contribution in [3.8, 4) is 11.5 Å². The minimum atomic E-state index is 0.291. The standard InChI is InChI=1S/C17H25ClN2O2/c1-12(2)3-4-15(20-7-5-19-6-8-20)13-9-16-17(10-14(13)18)22-11-21-16/h9-10,12,15,19H,3-8,11H2,1-2H3/t15-/m0/s1. The van der Waals surface area contributed by atoms with E-state index in [0.717, 1.165) is 49.1 Å². The van der Waals surface area contributed by atoms with E-state index in [1.807, 2.05) is 6.07 Å².